The number of oxime groups is 1. The van der Waals surface area contributed by atoms with Gasteiger partial charge in [0.25, 0.3) is 0 Å². The minimum absolute atomic E-state index is 0.0237. The van der Waals surface area contributed by atoms with Gasteiger partial charge in [0.1, 0.15) is 11.0 Å². The average Bonchev–Trinajstić information content (AvgIpc) is 3.70. The average molecular weight is 743 g/mol. The lowest BCUT2D eigenvalue weighted by atomic mass is 9.95. The number of hydrogen-bond acceptors (Lipinski definition) is 10. The molecule has 13 nitrogen and oxygen atoms in total. The lowest BCUT2D eigenvalue weighted by molar-refractivity contribution is -0.128. The molecule has 278 valence electrons. The van der Waals surface area contributed by atoms with E-state index >= 15 is 0 Å². The van der Waals surface area contributed by atoms with Gasteiger partial charge in [-0.25, -0.2) is 18.2 Å². The lowest BCUT2D eigenvalue weighted by Gasteiger charge is -2.35. The zero-order valence-electron chi connectivity index (χ0n) is 29.9. The van der Waals surface area contributed by atoms with Crippen LogP contribution in [0.25, 0.3) is 0 Å². The quantitative estimate of drug-likeness (QED) is 0.0936. The van der Waals surface area contributed by atoms with E-state index in [1.807, 2.05) is 63.4 Å². The molecule has 15 heteroatoms. The number of thiazole rings is 1. The molecule has 51 heavy (non-hydrogen) atoms. The highest BCUT2D eigenvalue weighted by Crippen LogP contribution is 2.24. The number of aliphatic hydroxyl groups excluding tert-OH is 1. The van der Waals surface area contributed by atoms with Crippen molar-refractivity contribution in [3.8, 4) is 0 Å². The zero-order chi connectivity index (χ0) is 37.1. The predicted octanol–water partition coefficient (Wildman–Crippen LogP) is 4.19. The van der Waals surface area contributed by atoms with Gasteiger partial charge in [-0.2, -0.15) is 4.31 Å². The highest BCUT2D eigenvalue weighted by Gasteiger charge is 2.41. The van der Waals surface area contributed by atoms with Crippen LogP contribution < -0.4 is 5.32 Å². The molecule has 0 spiro atoms. The summed E-state index contributed by atoms with van der Waals surface area (Å²) in [4.78, 5) is 35.9. The lowest BCUT2D eigenvalue weighted by Crippen LogP contribution is -2.57. The van der Waals surface area contributed by atoms with Crippen LogP contribution in [0.5, 0.6) is 0 Å². The molecular formula is C36H50N6O7S2. The summed E-state index contributed by atoms with van der Waals surface area (Å²) in [6.45, 7) is 9.01. The smallest absolute Gasteiger partial charge is 0.321 e. The number of nitrogens with one attached hydrogen (secondary N) is 1. The first-order chi connectivity index (χ1) is 24.4. The van der Waals surface area contributed by atoms with Crippen molar-refractivity contribution in [2.45, 2.75) is 76.8 Å². The predicted molar refractivity (Wildman–Crippen MR) is 196 cm³/mol. The van der Waals surface area contributed by atoms with E-state index < -0.39 is 34.1 Å². The summed E-state index contributed by atoms with van der Waals surface area (Å²) in [6, 6.07) is 13.3. The van der Waals surface area contributed by atoms with E-state index in [1.54, 1.807) is 16.9 Å². The number of nitrogens with zero attached hydrogens (tertiary/aromatic N) is 5. The van der Waals surface area contributed by atoms with Crippen molar-refractivity contribution in [3.63, 3.8) is 0 Å². The third-order valence-electron chi connectivity index (χ3n) is 8.91. The van der Waals surface area contributed by atoms with Gasteiger partial charge in [0.05, 0.1) is 42.1 Å². The van der Waals surface area contributed by atoms with Crippen LogP contribution in [0.1, 0.15) is 55.9 Å². The number of sulfonamides is 1. The number of benzene rings is 2. The van der Waals surface area contributed by atoms with E-state index in [4.69, 9.17) is 9.94 Å². The third kappa shape index (κ3) is 10.6. The monoisotopic (exact) mass is 742 g/mol. The molecule has 1 aromatic heterocycles. The fourth-order valence-corrected chi connectivity index (χ4v) is 8.50. The van der Waals surface area contributed by atoms with Crippen molar-refractivity contribution >= 4 is 39.5 Å². The SMILES string of the molecule is CCC(C)C(C(=O)N[C@@H](Cc1ccccc1)[C@H](O)CN(CC(C)C)S(=O)(=O)c1ccc(/C=N/O)cc1)N1CCN(Cc2csc(COC)n2)C1=O. The Bertz CT molecular complexity index is 1700. The number of methoxy groups -OCH3 is 1. The molecule has 3 amide bonds. The van der Waals surface area contributed by atoms with E-state index in [0.717, 1.165) is 16.3 Å². The number of aliphatic hydroxyl groups is 1. The van der Waals surface area contributed by atoms with Crippen LogP contribution in [0.15, 0.2) is 70.0 Å². The van der Waals surface area contributed by atoms with Gasteiger partial charge in [-0.15, -0.1) is 11.3 Å². The molecule has 2 unspecified atom stereocenters. The van der Waals surface area contributed by atoms with E-state index in [-0.39, 0.29) is 42.3 Å². The summed E-state index contributed by atoms with van der Waals surface area (Å²) >= 11 is 1.47. The van der Waals surface area contributed by atoms with Crippen LogP contribution in [0.4, 0.5) is 4.79 Å². The highest BCUT2D eigenvalue weighted by molar-refractivity contribution is 7.89. The van der Waals surface area contributed by atoms with Gasteiger partial charge in [-0.05, 0) is 41.5 Å². The number of urea groups is 1. The normalized spacial score (nSPS) is 16.3. The van der Waals surface area contributed by atoms with Crippen molar-refractivity contribution in [2.75, 3.05) is 33.3 Å². The van der Waals surface area contributed by atoms with E-state index in [1.165, 1.54) is 46.1 Å². The summed E-state index contributed by atoms with van der Waals surface area (Å²) in [5.74, 6) is -0.674. The maximum atomic E-state index is 14.3. The first-order valence-electron chi connectivity index (χ1n) is 17.2. The molecule has 3 N–H and O–H groups in total. The Labute approximate surface area is 305 Å². The summed E-state index contributed by atoms with van der Waals surface area (Å²) in [7, 11) is -2.46. The number of carbonyl (C=O) groups is 2. The first kappa shape index (κ1) is 39.9. The summed E-state index contributed by atoms with van der Waals surface area (Å²) in [5.41, 5.74) is 2.13. The Hall–Kier alpha value is -3.89. The largest absolute Gasteiger partial charge is 0.411 e. The Morgan fingerprint density at radius 2 is 1.82 bits per heavy atom. The molecule has 4 atom stereocenters. The van der Waals surface area contributed by atoms with Crippen LogP contribution in [0.3, 0.4) is 0 Å². The van der Waals surface area contributed by atoms with Crippen molar-refractivity contribution < 1.29 is 33.1 Å². The van der Waals surface area contributed by atoms with Crippen LogP contribution in [0.2, 0.25) is 0 Å². The van der Waals surface area contributed by atoms with Gasteiger partial charge in [0.2, 0.25) is 15.9 Å². The number of rotatable bonds is 19. The van der Waals surface area contributed by atoms with Crippen LogP contribution in [-0.4, -0.2) is 107 Å². The zero-order valence-corrected chi connectivity index (χ0v) is 31.5. The third-order valence-corrected chi connectivity index (χ3v) is 11.6. The van der Waals surface area contributed by atoms with Crippen LogP contribution in [-0.2, 0) is 39.1 Å². The highest BCUT2D eigenvalue weighted by atomic mass is 32.2. The Kier molecular flexibility index (Phi) is 14.5. The van der Waals surface area contributed by atoms with Gasteiger partial charge < -0.3 is 30.2 Å². The number of aromatic nitrogens is 1. The Morgan fingerprint density at radius 3 is 2.45 bits per heavy atom. The van der Waals surface area contributed by atoms with Crippen molar-refractivity contribution in [2.24, 2.45) is 17.0 Å². The van der Waals surface area contributed by atoms with Gasteiger partial charge in [-0.1, -0.05) is 81.7 Å². The molecule has 2 aromatic carbocycles. The fourth-order valence-electron chi connectivity index (χ4n) is 6.12. The molecule has 3 aromatic rings. The van der Waals surface area contributed by atoms with E-state index in [2.05, 4.69) is 15.5 Å². The van der Waals surface area contributed by atoms with Gasteiger partial charge >= 0.3 is 6.03 Å². The summed E-state index contributed by atoms with van der Waals surface area (Å²) in [6.07, 6.45) is 0.767. The van der Waals surface area contributed by atoms with Crippen molar-refractivity contribution in [3.05, 3.63) is 81.8 Å². The summed E-state index contributed by atoms with van der Waals surface area (Å²) in [5, 5.41) is 29.4. The second kappa shape index (κ2) is 18.6. The second-order valence-corrected chi connectivity index (χ2v) is 16.2. The van der Waals surface area contributed by atoms with E-state index in [9.17, 15) is 23.1 Å². The molecule has 1 fully saturated rings. The minimum atomic E-state index is -4.06. The molecule has 4 rings (SSSR count). The van der Waals surface area contributed by atoms with Gasteiger partial charge in [0.15, 0.2) is 0 Å². The van der Waals surface area contributed by atoms with Gasteiger partial charge in [-0.3, -0.25) is 4.79 Å². The molecule has 0 saturated carbocycles. The van der Waals surface area contributed by atoms with Crippen molar-refractivity contribution in [1.29, 1.82) is 0 Å². The number of ether oxygens (including phenoxy) is 1. The van der Waals surface area contributed by atoms with Crippen molar-refractivity contribution in [1.82, 2.24) is 24.4 Å². The topological polar surface area (TPSA) is 165 Å². The molecule has 1 aliphatic heterocycles. The summed E-state index contributed by atoms with van der Waals surface area (Å²) < 4.78 is 34.2. The van der Waals surface area contributed by atoms with E-state index in [0.29, 0.717) is 38.2 Å². The van der Waals surface area contributed by atoms with Crippen LogP contribution >= 0.6 is 11.3 Å². The second-order valence-electron chi connectivity index (χ2n) is 13.3. The minimum Gasteiger partial charge on any atom is -0.411 e. The standard InChI is InChI=1S/C36H50N6O7S2/c1-6-26(4)34(42-17-16-40(36(42)45)21-29-24-50-33(38-29)23-49-5)35(44)39-31(18-27-10-8-7-9-11-27)32(43)22-41(20-25(2)3)51(47,48)30-14-12-28(13-15-30)19-37-46/h7-15,19,24-26,31-32,34,43,46H,6,16-18,20-23H2,1-5H3,(H,39,44)/b37-19+/t26?,31-,32+,34?/m0/s1. The molecular weight excluding hydrogens is 693 g/mol. The number of hydrogen-bond donors (Lipinski definition) is 3. The maximum Gasteiger partial charge on any atom is 0.321 e. The maximum absolute atomic E-state index is 14.3. The molecule has 1 aliphatic rings. The van der Waals surface area contributed by atoms with Crippen LogP contribution in [0, 0.1) is 11.8 Å². The molecule has 1 saturated heterocycles. The molecule has 0 radical (unpaired) electrons. The fraction of sp³-hybridized carbons (Fsp3) is 0.500. The molecule has 2 heterocycles. The Balaban J connectivity index is 1.57. The number of amides is 3. The number of carbonyl (C=O) groups excluding carboxylic acids is 2. The Morgan fingerprint density at radius 1 is 1.12 bits per heavy atom. The molecule has 0 bridgehead atoms. The van der Waals surface area contributed by atoms with Gasteiger partial charge in [0, 0.05) is 38.7 Å². The molecule has 0 aliphatic carbocycles. The first-order valence-corrected chi connectivity index (χ1v) is 19.5.